The summed E-state index contributed by atoms with van der Waals surface area (Å²) in [5.41, 5.74) is 0.976. The molecule has 3 rings (SSSR count). The van der Waals surface area contributed by atoms with E-state index in [0.29, 0.717) is 11.3 Å². The summed E-state index contributed by atoms with van der Waals surface area (Å²) in [4.78, 5) is 0. The topological polar surface area (TPSA) is 55.6 Å². The molecule has 2 aromatic heterocycles. The highest BCUT2D eigenvalue weighted by Crippen LogP contribution is 2.31. The van der Waals surface area contributed by atoms with Crippen molar-refractivity contribution in [2.45, 2.75) is 44.4 Å². The van der Waals surface area contributed by atoms with Gasteiger partial charge >= 0.3 is 0 Å². The van der Waals surface area contributed by atoms with Gasteiger partial charge in [-0.25, -0.2) is 4.68 Å². The van der Waals surface area contributed by atoms with Crippen LogP contribution in [0.15, 0.2) is 24.4 Å². The zero-order valence-electron chi connectivity index (χ0n) is 12.5. The summed E-state index contributed by atoms with van der Waals surface area (Å²) in [6.07, 6.45) is 5.72. The van der Waals surface area contributed by atoms with Crippen LogP contribution >= 0.6 is 11.8 Å². The Bertz CT molecular complexity index is 580. The SMILES string of the molecule is CCSC1CCCC1Nc1ccc(-n2ccc(C)n2)nn1. The van der Waals surface area contributed by atoms with Crippen LogP contribution in [0.25, 0.3) is 5.82 Å². The highest BCUT2D eigenvalue weighted by molar-refractivity contribution is 7.99. The smallest absolute Gasteiger partial charge is 0.175 e. The highest BCUT2D eigenvalue weighted by atomic mass is 32.2. The van der Waals surface area contributed by atoms with Crippen molar-refractivity contribution in [3.8, 4) is 5.82 Å². The van der Waals surface area contributed by atoms with Crippen LogP contribution in [0.1, 0.15) is 31.9 Å². The molecular weight excluding hydrogens is 282 g/mol. The van der Waals surface area contributed by atoms with Gasteiger partial charge in [0.15, 0.2) is 5.82 Å². The Labute approximate surface area is 129 Å². The summed E-state index contributed by atoms with van der Waals surface area (Å²) in [6.45, 7) is 4.19. The number of rotatable bonds is 5. The molecule has 1 N–H and O–H groups in total. The van der Waals surface area contributed by atoms with E-state index in [-0.39, 0.29) is 0 Å². The number of aromatic nitrogens is 4. The lowest BCUT2D eigenvalue weighted by atomic mass is 10.2. The maximum atomic E-state index is 4.34. The molecule has 0 aliphatic heterocycles. The average Bonchev–Trinajstić information content (AvgIpc) is 3.10. The molecule has 0 spiro atoms. The predicted octanol–water partition coefficient (Wildman–Crippen LogP) is 3.06. The second kappa shape index (κ2) is 6.47. The van der Waals surface area contributed by atoms with Crippen molar-refractivity contribution in [2.75, 3.05) is 11.1 Å². The first-order chi connectivity index (χ1) is 10.3. The zero-order chi connectivity index (χ0) is 14.7. The van der Waals surface area contributed by atoms with E-state index in [9.17, 15) is 0 Å². The lowest BCUT2D eigenvalue weighted by Crippen LogP contribution is -2.26. The molecule has 0 amide bonds. The lowest BCUT2D eigenvalue weighted by Gasteiger charge is -2.20. The van der Waals surface area contributed by atoms with E-state index in [4.69, 9.17) is 0 Å². The minimum Gasteiger partial charge on any atom is -0.365 e. The first-order valence-electron chi connectivity index (χ1n) is 7.51. The van der Waals surface area contributed by atoms with Crippen LogP contribution in [0.3, 0.4) is 0 Å². The lowest BCUT2D eigenvalue weighted by molar-refractivity contribution is 0.751. The summed E-state index contributed by atoms with van der Waals surface area (Å²) in [7, 11) is 0. The summed E-state index contributed by atoms with van der Waals surface area (Å²) in [5.74, 6) is 2.78. The number of nitrogens with zero attached hydrogens (tertiary/aromatic N) is 4. The molecule has 1 aliphatic rings. The third kappa shape index (κ3) is 3.37. The molecule has 21 heavy (non-hydrogen) atoms. The monoisotopic (exact) mass is 303 g/mol. The molecule has 5 nitrogen and oxygen atoms in total. The van der Waals surface area contributed by atoms with Crippen LogP contribution in [0, 0.1) is 6.92 Å². The van der Waals surface area contributed by atoms with Gasteiger partial charge in [-0.2, -0.15) is 16.9 Å². The maximum Gasteiger partial charge on any atom is 0.175 e. The van der Waals surface area contributed by atoms with E-state index in [1.807, 2.05) is 43.1 Å². The molecule has 1 aliphatic carbocycles. The van der Waals surface area contributed by atoms with Crippen LogP contribution in [0.5, 0.6) is 0 Å². The normalized spacial score (nSPS) is 21.6. The Hall–Kier alpha value is -1.56. The number of aryl methyl sites for hydroxylation is 1. The molecule has 1 saturated carbocycles. The standard InChI is InChI=1S/C15H21N5S/c1-3-21-13-6-4-5-12(13)16-14-7-8-15(18-17-14)20-10-9-11(2)19-20/h7-10,12-13H,3-6H2,1-2H3,(H,16,17). The summed E-state index contributed by atoms with van der Waals surface area (Å²) < 4.78 is 1.75. The number of hydrogen-bond acceptors (Lipinski definition) is 5. The van der Waals surface area contributed by atoms with Crippen molar-refractivity contribution in [2.24, 2.45) is 0 Å². The van der Waals surface area contributed by atoms with Gasteiger partial charge in [0.1, 0.15) is 5.82 Å². The minimum atomic E-state index is 0.516. The van der Waals surface area contributed by atoms with Crippen molar-refractivity contribution in [1.29, 1.82) is 0 Å². The molecular formula is C15H21N5S. The first-order valence-corrected chi connectivity index (χ1v) is 8.55. The molecule has 2 atom stereocenters. The van der Waals surface area contributed by atoms with Crippen LogP contribution in [0.2, 0.25) is 0 Å². The van der Waals surface area contributed by atoms with Crippen molar-refractivity contribution in [3.05, 3.63) is 30.1 Å². The second-order valence-corrected chi connectivity index (χ2v) is 6.87. The quantitative estimate of drug-likeness (QED) is 0.920. The summed E-state index contributed by atoms with van der Waals surface area (Å²) in [5, 5.41) is 17.1. The minimum absolute atomic E-state index is 0.516. The predicted molar refractivity (Wildman–Crippen MR) is 87.1 cm³/mol. The van der Waals surface area contributed by atoms with E-state index in [2.05, 4.69) is 27.5 Å². The Morgan fingerprint density at radius 1 is 1.29 bits per heavy atom. The molecule has 0 saturated heterocycles. The molecule has 0 aromatic carbocycles. The fourth-order valence-electron chi connectivity index (χ4n) is 2.76. The average molecular weight is 303 g/mol. The summed E-state index contributed by atoms with van der Waals surface area (Å²) >= 11 is 2.04. The van der Waals surface area contributed by atoms with Crippen LogP contribution in [0.4, 0.5) is 5.82 Å². The van der Waals surface area contributed by atoms with Crippen LogP contribution in [-0.2, 0) is 0 Å². The van der Waals surface area contributed by atoms with Gasteiger partial charge in [-0.15, -0.1) is 10.2 Å². The Kier molecular flexibility index (Phi) is 4.43. The molecule has 6 heteroatoms. The number of hydrogen-bond donors (Lipinski definition) is 1. The third-order valence-electron chi connectivity index (χ3n) is 3.77. The molecule has 2 heterocycles. The van der Waals surface area contributed by atoms with Crippen molar-refractivity contribution >= 4 is 17.6 Å². The second-order valence-electron chi connectivity index (χ2n) is 5.35. The Morgan fingerprint density at radius 2 is 2.19 bits per heavy atom. The van der Waals surface area contributed by atoms with Gasteiger partial charge in [-0.1, -0.05) is 13.3 Å². The Balaban J connectivity index is 1.67. The van der Waals surface area contributed by atoms with Gasteiger partial charge in [-0.05, 0) is 43.7 Å². The first kappa shape index (κ1) is 14.4. The van der Waals surface area contributed by atoms with Gasteiger partial charge in [0, 0.05) is 17.5 Å². The molecule has 1 fully saturated rings. The number of anilines is 1. The van der Waals surface area contributed by atoms with Gasteiger partial charge in [0.25, 0.3) is 0 Å². The number of nitrogens with one attached hydrogen (secondary N) is 1. The molecule has 2 unspecified atom stereocenters. The zero-order valence-corrected chi connectivity index (χ0v) is 13.3. The number of thioether (sulfide) groups is 1. The molecule has 2 aromatic rings. The molecule has 0 radical (unpaired) electrons. The van der Waals surface area contributed by atoms with Gasteiger partial charge in [0.2, 0.25) is 0 Å². The van der Waals surface area contributed by atoms with Crippen LogP contribution < -0.4 is 5.32 Å². The Morgan fingerprint density at radius 3 is 2.86 bits per heavy atom. The fraction of sp³-hybridized carbons (Fsp3) is 0.533. The van der Waals surface area contributed by atoms with Gasteiger partial charge in [0.05, 0.1) is 5.69 Å². The van der Waals surface area contributed by atoms with E-state index in [1.54, 1.807) is 4.68 Å². The van der Waals surface area contributed by atoms with Gasteiger partial charge in [-0.3, -0.25) is 0 Å². The van der Waals surface area contributed by atoms with Crippen molar-refractivity contribution < 1.29 is 0 Å². The van der Waals surface area contributed by atoms with Crippen molar-refractivity contribution in [1.82, 2.24) is 20.0 Å². The van der Waals surface area contributed by atoms with Crippen molar-refractivity contribution in [3.63, 3.8) is 0 Å². The van der Waals surface area contributed by atoms with E-state index in [0.717, 1.165) is 17.3 Å². The maximum absolute atomic E-state index is 4.34. The molecule has 0 bridgehead atoms. The van der Waals surface area contributed by atoms with Crippen LogP contribution in [-0.4, -0.2) is 37.0 Å². The van der Waals surface area contributed by atoms with E-state index < -0.39 is 0 Å². The fourth-order valence-corrected chi connectivity index (χ4v) is 3.96. The summed E-state index contributed by atoms with van der Waals surface area (Å²) in [6, 6.07) is 6.42. The van der Waals surface area contributed by atoms with E-state index >= 15 is 0 Å². The van der Waals surface area contributed by atoms with E-state index in [1.165, 1.54) is 25.0 Å². The highest BCUT2D eigenvalue weighted by Gasteiger charge is 2.27. The molecule has 112 valence electrons. The largest absolute Gasteiger partial charge is 0.365 e. The third-order valence-corrected chi connectivity index (χ3v) is 5.10. The van der Waals surface area contributed by atoms with Gasteiger partial charge < -0.3 is 5.32 Å².